The van der Waals surface area contributed by atoms with Gasteiger partial charge in [0.1, 0.15) is 0 Å². The molecule has 1 aliphatic heterocycles. The Kier molecular flexibility index (Phi) is 5.18. The van der Waals surface area contributed by atoms with Crippen LogP contribution in [0.25, 0.3) is 6.08 Å². The van der Waals surface area contributed by atoms with Crippen LogP contribution in [-0.2, 0) is 4.79 Å². The number of carbonyl (C=O) groups excluding carboxylic acids is 1. The van der Waals surface area contributed by atoms with Crippen LogP contribution in [-0.4, -0.2) is 29.9 Å². The van der Waals surface area contributed by atoms with Gasteiger partial charge in [-0.2, -0.15) is 0 Å². The monoisotopic (exact) mass is 286 g/mol. The first kappa shape index (κ1) is 15.8. The lowest BCUT2D eigenvalue weighted by Gasteiger charge is -2.31. The minimum absolute atomic E-state index is 0.0761. The van der Waals surface area contributed by atoms with E-state index in [1.807, 2.05) is 4.90 Å². The Morgan fingerprint density at radius 1 is 1.29 bits per heavy atom. The van der Waals surface area contributed by atoms with Gasteiger partial charge in [-0.05, 0) is 56.2 Å². The molecule has 0 aliphatic carbocycles. The number of amides is 1. The molecule has 3 nitrogen and oxygen atoms in total. The molecule has 0 bridgehead atoms. The number of piperidine rings is 1. The number of nitrogens with two attached hydrogens (primary N) is 1. The molecule has 1 aromatic rings. The standard InChI is InChI=1S/C18H26N2O/c1-13-5-4-6-14(2)17(13)8-7-16-9-11-20(12-10-16)18(21)15(3)19/h4-8,15-16H,9-12,19H2,1-3H3/b8-7+. The maximum absolute atomic E-state index is 11.9. The van der Waals surface area contributed by atoms with Crippen molar-refractivity contribution in [1.82, 2.24) is 4.90 Å². The van der Waals surface area contributed by atoms with Gasteiger partial charge in [0, 0.05) is 13.1 Å². The third-order valence-corrected chi connectivity index (χ3v) is 4.32. The van der Waals surface area contributed by atoms with E-state index < -0.39 is 0 Å². The third kappa shape index (κ3) is 3.94. The fourth-order valence-corrected chi connectivity index (χ4v) is 2.92. The van der Waals surface area contributed by atoms with Crippen molar-refractivity contribution < 1.29 is 4.79 Å². The summed E-state index contributed by atoms with van der Waals surface area (Å²) in [5, 5.41) is 0. The van der Waals surface area contributed by atoms with Crippen LogP contribution in [0.5, 0.6) is 0 Å². The summed E-state index contributed by atoms with van der Waals surface area (Å²) in [6.45, 7) is 7.70. The van der Waals surface area contributed by atoms with Crippen LogP contribution in [0.15, 0.2) is 24.3 Å². The maximum atomic E-state index is 11.9. The molecule has 1 amide bonds. The summed E-state index contributed by atoms with van der Waals surface area (Å²) in [4.78, 5) is 13.8. The van der Waals surface area contributed by atoms with Gasteiger partial charge in [-0.15, -0.1) is 0 Å². The van der Waals surface area contributed by atoms with Gasteiger partial charge in [-0.25, -0.2) is 0 Å². The molecular formula is C18H26N2O. The van der Waals surface area contributed by atoms with Crippen molar-refractivity contribution in [2.45, 2.75) is 39.7 Å². The first-order valence-corrected chi connectivity index (χ1v) is 7.78. The summed E-state index contributed by atoms with van der Waals surface area (Å²) in [6, 6.07) is 6.01. The van der Waals surface area contributed by atoms with E-state index in [1.165, 1.54) is 16.7 Å². The lowest BCUT2D eigenvalue weighted by atomic mass is 9.94. The normalized spacial score (nSPS) is 18.2. The Balaban J connectivity index is 1.95. The minimum atomic E-state index is -0.383. The number of nitrogens with zero attached hydrogens (tertiary/aromatic N) is 1. The van der Waals surface area contributed by atoms with Gasteiger partial charge in [0.2, 0.25) is 5.91 Å². The van der Waals surface area contributed by atoms with Crippen molar-refractivity contribution in [1.29, 1.82) is 0 Å². The number of aryl methyl sites for hydroxylation is 2. The highest BCUT2D eigenvalue weighted by Gasteiger charge is 2.23. The predicted octanol–water partition coefficient (Wildman–Crippen LogP) is 2.90. The van der Waals surface area contributed by atoms with E-state index in [0.29, 0.717) is 5.92 Å². The molecule has 1 aromatic carbocycles. The molecular weight excluding hydrogens is 260 g/mol. The zero-order valence-electron chi connectivity index (χ0n) is 13.3. The molecule has 1 fully saturated rings. The number of benzene rings is 1. The minimum Gasteiger partial charge on any atom is -0.341 e. The van der Waals surface area contributed by atoms with E-state index in [1.54, 1.807) is 6.92 Å². The molecule has 1 unspecified atom stereocenters. The molecule has 1 atom stereocenters. The number of hydrogen-bond donors (Lipinski definition) is 1. The number of allylic oxidation sites excluding steroid dienone is 1. The average molecular weight is 286 g/mol. The quantitative estimate of drug-likeness (QED) is 0.928. The molecule has 114 valence electrons. The van der Waals surface area contributed by atoms with Gasteiger partial charge in [-0.1, -0.05) is 30.4 Å². The van der Waals surface area contributed by atoms with E-state index >= 15 is 0 Å². The molecule has 0 spiro atoms. The largest absolute Gasteiger partial charge is 0.341 e. The molecule has 0 aromatic heterocycles. The molecule has 0 saturated carbocycles. The van der Waals surface area contributed by atoms with Crippen molar-refractivity contribution in [2.24, 2.45) is 11.7 Å². The maximum Gasteiger partial charge on any atom is 0.239 e. The Morgan fingerprint density at radius 3 is 2.38 bits per heavy atom. The second-order valence-corrected chi connectivity index (χ2v) is 6.12. The van der Waals surface area contributed by atoms with Gasteiger partial charge in [0.15, 0.2) is 0 Å². The summed E-state index contributed by atoms with van der Waals surface area (Å²) >= 11 is 0. The second-order valence-electron chi connectivity index (χ2n) is 6.12. The number of carbonyl (C=O) groups is 1. The highest BCUT2D eigenvalue weighted by molar-refractivity contribution is 5.81. The number of hydrogen-bond acceptors (Lipinski definition) is 2. The summed E-state index contributed by atoms with van der Waals surface area (Å²) in [5.41, 5.74) is 9.62. The summed E-state index contributed by atoms with van der Waals surface area (Å²) in [5.74, 6) is 0.633. The van der Waals surface area contributed by atoms with Gasteiger partial charge >= 0.3 is 0 Å². The average Bonchev–Trinajstić information content (AvgIpc) is 2.46. The van der Waals surface area contributed by atoms with Gasteiger partial charge in [-0.3, -0.25) is 4.79 Å². The first-order valence-electron chi connectivity index (χ1n) is 7.78. The molecule has 1 heterocycles. The Bertz CT molecular complexity index is 506. The summed E-state index contributed by atoms with van der Waals surface area (Å²) in [6.07, 6.45) is 6.61. The smallest absolute Gasteiger partial charge is 0.239 e. The predicted molar refractivity (Wildman–Crippen MR) is 87.9 cm³/mol. The Hall–Kier alpha value is -1.61. The van der Waals surface area contributed by atoms with Crippen molar-refractivity contribution in [3.8, 4) is 0 Å². The van der Waals surface area contributed by atoms with Crippen LogP contribution in [0.4, 0.5) is 0 Å². The highest BCUT2D eigenvalue weighted by atomic mass is 16.2. The molecule has 1 aliphatic rings. The lowest BCUT2D eigenvalue weighted by molar-refractivity contribution is -0.133. The fourth-order valence-electron chi connectivity index (χ4n) is 2.92. The van der Waals surface area contributed by atoms with Crippen LogP contribution in [0.1, 0.15) is 36.5 Å². The van der Waals surface area contributed by atoms with Crippen LogP contribution in [0.3, 0.4) is 0 Å². The van der Waals surface area contributed by atoms with Crippen molar-refractivity contribution in [3.63, 3.8) is 0 Å². The van der Waals surface area contributed by atoms with Gasteiger partial charge < -0.3 is 10.6 Å². The highest BCUT2D eigenvalue weighted by Crippen LogP contribution is 2.22. The van der Waals surface area contributed by atoms with Crippen LogP contribution < -0.4 is 5.73 Å². The fraction of sp³-hybridized carbons (Fsp3) is 0.500. The summed E-state index contributed by atoms with van der Waals surface area (Å²) in [7, 11) is 0. The van der Waals surface area contributed by atoms with E-state index in [0.717, 1.165) is 25.9 Å². The van der Waals surface area contributed by atoms with Crippen LogP contribution in [0, 0.1) is 19.8 Å². The molecule has 2 rings (SSSR count). The SMILES string of the molecule is Cc1cccc(C)c1/C=C/C1CCN(C(=O)C(C)N)CC1. The first-order chi connectivity index (χ1) is 9.99. The van der Waals surface area contributed by atoms with Crippen LogP contribution in [0.2, 0.25) is 0 Å². The molecule has 3 heteroatoms. The van der Waals surface area contributed by atoms with Crippen molar-refractivity contribution >= 4 is 12.0 Å². The third-order valence-electron chi connectivity index (χ3n) is 4.32. The topological polar surface area (TPSA) is 46.3 Å². The van der Waals surface area contributed by atoms with E-state index in [4.69, 9.17) is 5.73 Å². The summed E-state index contributed by atoms with van der Waals surface area (Å²) < 4.78 is 0. The van der Waals surface area contributed by atoms with E-state index in [9.17, 15) is 4.79 Å². The van der Waals surface area contributed by atoms with Gasteiger partial charge in [0.25, 0.3) is 0 Å². The van der Waals surface area contributed by atoms with Crippen molar-refractivity contribution in [2.75, 3.05) is 13.1 Å². The zero-order valence-corrected chi connectivity index (χ0v) is 13.3. The zero-order chi connectivity index (χ0) is 15.4. The van der Waals surface area contributed by atoms with E-state index in [-0.39, 0.29) is 11.9 Å². The molecule has 1 saturated heterocycles. The van der Waals surface area contributed by atoms with Gasteiger partial charge in [0.05, 0.1) is 6.04 Å². The number of likely N-dealkylation sites (tertiary alicyclic amines) is 1. The van der Waals surface area contributed by atoms with E-state index in [2.05, 4.69) is 44.2 Å². The Labute approximate surface area is 127 Å². The molecule has 0 radical (unpaired) electrons. The number of rotatable bonds is 3. The molecule has 2 N–H and O–H groups in total. The second kappa shape index (κ2) is 6.90. The van der Waals surface area contributed by atoms with Crippen molar-refractivity contribution in [3.05, 3.63) is 41.0 Å². The molecule has 21 heavy (non-hydrogen) atoms. The van der Waals surface area contributed by atoms with Crippen LogP contribution >= 0.6 is 0 Å². The lowest BCUT2D eigenvalue weighted by Crippen LogP contribution is -2.45. The Morgan fingerprint density at radius 2 is 1.86 bits per heavy atom.